The van der Waals surface area contributed by atoms with Gasteiger partial charge in [-0.15, -0.1) is 0 Å². The maximum absolute atomic E-state index is 12.9. The third-order valence-electron chi connectivity index (χ3n) is 3.55. The Bertz CT molecular complexity index is 755. The number of benzene rings is 1. The molecule has 22 heavy (non-hydrogen) atoms. The Labute approximate surface area is 128 Å². The fraction of sp³-hybridized carbons (Fsp3) is 0.429. The van der Waals surface area contributed by atoms with Crippen LogP contribution in [0.4, 0.5) is 0 Å². The van der Waals surface area contributed by atoms with Gasteiger partial charge in [0, 0.05) is 13.5 Å². The monoisotopic (exact) mass is 323 g/mol. The Kier molecular flexibility index (Phi) is 3.98. The molecule has 0 amide bonds. The summed E-state index contributed by atoms with van der Waals surface area (Å²) in [5.41, 5.74) is 1.01. The van der Waals surface area contributed by atoms with E-state index >= 15 is 0 Å². The zero-order valence-corrected chi connectivity index (χ0v) is 13.2. The molecular weight excluding hydrogens is 306 g/mol. The zero-order chi connectivity index (χ0) is 15.7. The molecule has 0 bridgehead atoms. The van der Waals surface area contributed by atoms with Crippen molar-refractivity contribution in [2.24, 2.45) is 0 Å². The van der Waals surface area contributed by atoms with Crippen molar-refractivity contribution in [2.75, 3.05) is 19.8 Å². The zero-order valence-electron chi connectivity index (χ0n) is 12.4. The summed E-state index contributed by atoms with van der Waals surface area (Å²) in [6.45, 7) is 4.39. The average molecular weight is 323 g/mol. The number of aromatic nitrogens is 2. The van der Waals surface area contributed by atoms with E-state index in [4.69, 9.17) is 9.26 Å². The minimum Gasteiger partial charge on any atom is -0.378 e. The summed E-state index contributed by atoms with van der Waals surface area (Å²) in [6, 6.07) is 6.21. The second kappa shape index (κ2) is 5.79. The van der Waals surface area contributed by atoms with Gasteiger partial charge in [0.05, 0.1) is 18.1 Å². The molecule has 0 saturated carbocycles. The fourth-order valence-corrected chi connectivity index (χ4v) is 3.93. The van der Waals surface area contributed by atoms with Crippen molar-refractivity contribution in [2.45, 2.75) is 24.8 Å². The van der Waals surface area contributed by atoms with E-state index in [0.29, 0.717) is 18.3 Å². The molecule has 1 aromatic heterocycles. The lowest BCUT2D eigenvalue weighted by atomic mass is 10.2. The third kappa shape index (κ3) is 2.77. The number of morpholine rings is 1. The highest BCUT2D eigenvalue weighted by atomic mass is 32.2. The van der Waals surface area contributed by atoms with Gasteiger partial charge in [0.15, 0.2) is 5.82 Å². The van der Waals surface area contributed by atoms with Gasteiger partial charge in [0.2, 0.25) is 15.9 Å². The van der Waals surface area contributed by atoms with Crippen LogP contribution in [-0.2, 0) is 14.8 Å². The number of aryl methyl sites for hydroxylation is 2. The third-order valence-corrected chi connectivity index (χ3v) is 5.47. The summed E-state index contributed by atoms with van der Waals surface area (Å²) in [5.74, 6) is 0.723. The molecule has 1 aliphatic heterocycles. The lowest BCUT2D eigenvalue weighted by Crippen LogP contribution is -2.43. The summed E-state index contributed by atoms with van der Waals surface area (Å²) < 4.78 is 37.5. The van der Waals surface area contributed by atoms with Crippen LogP contribution in [0.25, 0.3) is 0 Å². The largest absolute Gasteiger partial charge is 0.378 e. The first kappa shape index (κ1) is 15.1. The predicted molar refractivity (Wildman–Crippen MR) is 77.7 cm³/mol. The Balaban J connectivity index is 1.97. The predicted octanol–water partition coefficient (Wildman–Crippen LogP) is 1.45. The number of ether oxygens (including phenoxy) is 1. The molecule has 1 atom stereocenters. The first-order valence-electron chi connectivity index (χ1n) is 6.95. The molecule has 1 aliphatic rings. The van der Waals surface area contributed by atoms with E-state index in [1.165, 1.54) is 4.31 Å². The normalized spacial score (nSPS) is 20.2. The molecule has 0 spiro atoms. The molecule has 1 aromatic carbocycles. The molecular formula is C14H17N3O4S. The summed E-state index contributed by atoms with van der Waals surface area (Å²) in [4.78, 5) is 4.40. The molecule has 2 heterocycles. The maximum atomic E-state index is 12.9. The highest BCUT2D eigenvalue weighted by Gasteiger charge is 2.37. The Hall–Kier alpha value is -1.77. The van der Waals surface area contributed by atoms with Crippen molar-refractivity contribution >= 4 is 10.0 Å². The topological polar surface area (TPSA) is 85.5 Å². The van der Waals surface area contributed by atoms with Crippen molar-refractivity contribution in [3.8, 4) is 0 Å². The molecule has 0 aliphatic carbocycles. The lowest BCUT2D eigenvalue weighted by Gasteiger charge is -2.32. The van der Waals surface area contributed by atoms with Crippen LogP contribution in [0.2, 0.25) is 0 Å². The van der Waals surface area contributed by atoms with Gasteiger partial charge in [-0.2, -0.15) is 9.29 Å². The molecule has 2 aromatic rings. The van der Waals surface area contributed by atoms with Crippen molar-refractivity contribution in [3.05, 3.63) is 41.5 Å². The number of nitrogens with zero attached hydrogens (tertiary/aromatic N) is 3. The van der Waals surface area contributed by atoms with E-state index in [9.17, 15) is 8.42 Å². The summed E-state index contributed by atoms with van der Waals surface area (Å²) in [5, 5.41) is 3.84. The molecule has 1 unspecified atom stereocenters. The van der Waals surface area contributed by atoms with Crippen LogP contribution >= 0.6 is 0 Å². The number of hydrogen-bond donors (Lipinski definition) is 0. The van der Waals surface area contributed by atoms with Crippen molar-refractivity contribution in [1.82, 2.24) is 14.4 Å². The molecule has 8 heteroatoms. The lowest BCUT2D eigenvalue weighted by molar-refractivity contribution is 0.0282. The van der Waals surface area contributed by atoms with Crippen LogP contribution in [0.3, 0.4) is 0 Å². The van der Waals surface area contributed by atoms with E-state index in [2.05, 4.69) is 10.1 Å². The summed E-state index contributed by atoms with van der Waals surface area (Å²) in [7, 11) is -3.64. The molecule has 0 N–H and O–H groups in total. The van der Waals surface area contributed by atoms with Crippen LogP contribution < -0.4 is 0 Å². The van der Waals surface area contributed by atoms with Crippen LogP contribution in [0.5, 0.6) is 0 Å². The number of rotatable bonds is 3. The first-order chi connectivity index (χ1) is 10.5. The smallest absolute Gasteiger partial charge is 0.243 e. The summed E-state index contributed by atoms with van der Waals surface area (Å²) >= 11 is 0. The Morgan fingerprint density at radius 1 is 1.23 bits per heavy atom. The van der Waals surface area contributed by atoms with Crippen LogP contribution in [0.1, 0.15) is 23.3 Å². The molecule has 118 valence electrons. The van der Waals surface area contributed by atoms with Crippen LogP contribution in [0, 0.1) is 13.8 Å². The van der Waals surface area contributed by atoms with Gasteiger partial charge in [-0.05, 0) is 19.1 Å². The standard InChI is InChI=1S/C14H17N3O4S/c1-10-3-5-12(6-4-10)22(18,19)17-7-8-20-9-13(17)14-15-11(2)21-16-14/h3-6,13H,7-9H2,1-2H3. The minimum absolute atomic E-state index is 0.212. The van der Waals surface area contributed by atoms with Gasteiger partial charge in [-0.1, -0.05) is 22.9 Å². The quantitative estimate of drug-likeness (QED) is 0.850. The second-order valence-electron chi connectivity index (χ2n) is 5.19. The fourth-order valence-electron chi connectivity index (χ4n) is 2.38. The van der Waals surface area contributed by atoms with E-state index < -0.39 is 16.1 Å². The molecule has 0 radical (unpaired) electrons. The van der Waals surface area contributed by atoms with E-state index in [-0.39, 0.29) is 18.0 Å². The summed E-state index contributed by atoms with van der Waals surface area (Å²) in [6.07, 6.45) is 0. The second-order valence-corrected chi connectivity index (χ2v) is 7.08. The molecule has 7 nitrogen and oxygen atoms in total. The SMILES string of the molecule is Cc1ccc(S(=O)(=O)N2CCOCC2c2noc(C)n2)cc1. The highest BCUT2D eigenvalue weighted by molar-refractivity contribution is 7.89. The van der Waals surface area contributed by atoms with E-state index in [0.717, 1.165) is 5.56 Å². The van der Waals surface area contributed by atoms with Gasteiger partial charge in [-0.3, -0.25) is 0 Å². The van der Waals surface area contributed by atoms with Crippen LogP contribution in [-0.4, -0.2) is 42.6 Å². The number of hydrogen-bond acceptors (Lipinski definition) is 6. The molecule has 1 saturated heterocycles. The number of sulfonamides is 1. The van der Waals surface area contributed by atoms with Gasteiger partial charge in [-0.25, -0.2) is 8.42 Å². The average Bonchev–Trinajstić information content (AvgIpc) is 2.94. The Morgan fingerprint density at radius 3 is 2.59 bits per heavy atom. The van der Waals surface area contributed by atoms with Gasteiger partial charge >= 0.3 is 0 Å². The maximum Gasteiger partial charge on any atom is 0.243 e. The van der Waals surface area contributed by atoms with Gasteiger partial charge < -0.3 is 9.26 Å². The Morgan fingerprint density at radius 2 is 1.95 bits per heavy atom. The van der Waals surface area contributed by atoms with Crippen molar-refractivity contribution in [3.63, 3.8) is 0 Å². The van der Waals surface area contributed by atoms with Crippen molar-refractivity contribution < 1.29 is 17.7 Å². The molecule has 1 fully saturated rings. The first-order valence-corrected chi connectivity index (χ1v) is 8.39. The van der Waals surface area contributed by atoms with Crippen molar-refractivity contribution in [1.29, 1.82) is 0 Å². The van der Waals surface area contributed by atoms with E-state index in [1.54, 1.807) is 31.2 Å². The van der Waals surface area contributed by atoms with Gasteiger partial charge in [0.1, 0.15) is 6.04 Å². The minimum atomic E-state index is -3.64. The van der Waals surface area contributed by atoms with Gasteiger partial charge in [0.25, 0.3) is 0 Å². The van der Waals surface area contributed by atoms with Crippen LogP contribution in [0.15, 0.2) is 33.7 Å². The van der Waals surface area contributed by atoms with E-state index in [1.807, 2.05) is 6.92 Å². The molecule has 3 rings (SSSR count). The highest BCUT2D eigenvalue weighted by Crippen LogP contribution is 2.28.